The molecule has 6 nitrogen and oxygen atoms in total. The Morgan fingerprint density at radius 3 is 2.68 bits per heavy atom. The van der Waals surface area contributed by atoms with Crippen LogP contribution in [0.5, 0.6) is 0 Å². The predicted molar refractivity (Wildman–Crippen MR) is 127 cm³/mol. The van der Waals surface area contributed by atoms with Crippen molar-refractivity contribution >= 4 is 5.96 Å². The van der Waals surface area contributed by atoms with Gasteiger partial charge in [-0.1, -0.05) is 43.2 Å². The molecule has 4 rings (SSSR count). The summed E-state index contributed by atoms with van der Waals surface area (Å²) < 4.78 is 2.16. The van der Waals surface area contributed by atoms with Gasteiger partial charge in [-0.3, -0.25) is 9.58 Å². The topological polar surface area (TPSA) is 57.5 Å². The van der Waals surface area contributed by atoms with Crippen LogP contribution in [0.1, 0.15) is 69.7 Å². The number of guanidine groups is 1. The van der Waals surface area contributed by atoms with Crippen LogP contribution in [-0.4, -0.2) is 45.8 Å². The number of hydrogen-bond acceptors (Lipinski definition) is 3. The molecule has 2 aromatic rings. The van der Waals surface area contributed by atoms with E-state index < -0.39 is 0 Å². The zero-order chi connectivity index (χ0) is 21.5. The highest BCUT2D eigenvalue weighted by atomic mass is 15.3. The number of aromatic nitrogens is 2. The van der Waals surface area contributed by atoms with Crippen molar-refractivity contribution in [2.75, 3.05) is 13.1 Å². The zero-order valence-corrected chi connectivity index (χ0v) is 19.1. The van der Waals surface area contributed by atoms with E-state index in [1.165, 1.54) is 31.2 Å². The van der Waals surface area contributed by atoms with E-state index >= 15 is 0 Å². The fraction of sp³-hybridized carbons (Fsp3) is 0.600. The van der Waals surface area contributed by atoms with Crippen LogP contribution in [-0.2, 0) is 13.1 Å². The number of hydrogen-bond donors (Lipinski definition) is 2. The van der Waals surface area contributed by atoms with E-state index in [0.717, 1.165) is 44.1 Å². The van der Waals surface area contributed by atoms with Crippen molar-refractivity contribution in [1.29, 1.82) is 0 Å². The van der Waals surface area contributed by atoms with Gasteiger partial charge < -0.3 is 10.6 Å². The molecule has 0 bridgehead atoms. The van der Waals surface area contributed by atoms with Gasteiger partial charge in [-0.05, 0) is 51.2 Å². The first-order valence-electron chi connectivity index (χ1n) is 12.1. The second-order valence-corrected chi connectivity index (χ2v) is 9.09. The van der Waals surface area contributed by atoms with Crippen LogP contribution in [0.4, 0.5) is 0 Å². The Bertz CT molecular complexity index is 824. The van der Waals surface area contributed by atoms with Gasteiger partial charge in [0.25, 0.3) is 0 Å². The fourth-order valence-electron chi connectivity index (χ4n) is 4.91. The second-order valence-electron chi connectivity index (χ2n) is 9.09. The van der Waals surface area contributed by atoms with Gasteiger partial charge >= 0.3 is 0 Å². The molecule has 1 saturated carbocycles. The Balaban J connectivity index is 1.30. The van der Waals surface area contributed by atoms with Crippen molar-refractivity contribution in [2.24, 2.45) is 4.99 Å². The zero-order valence-electron chi connectivity index (χ0n) is 19.1. The van der Waals surface area contributed by atoms with Crippen LogP contribution in [0, 0.1) is 0 Å². The molecule has 168 valence electrons. The van der Waals surface area contributed by atoms with E-state index in [-0.39, 0.29) is 0 Å². The van der Waals surface area contributed by atoms with Crippen molar-refractivity contribution in [3.63, 3.8) is 0 Å². The van der Waals surface area contributed by atoms with Crippen LogP contribution in [0.3, 0.4) is 0 Å². The molecule has 2 fully saturated rings. The molecule has 1 aromatic heterocycles. The lowest BCUT2D eigenvalue weighted by Gasteiger charge is -2.38. The Hall–Kier alpha value is -2.34. The van der Waals surface area contributed by atoms with Crippen molar-refractivity contribution in [3.05, 3.63) is 53.9 Å². The quantitative estimate of drug-likeness (QED) is 0.521. The van der Waals surface area contributed by atoms with Crippen LogP contribution < -0.4 is 10.6 Å². The van der Waals surface area contributed by atoms with E-state index in [2.05, 4.69) is 76.7 Å². The van der Waals surface area contributed by atoms with Crippen molar-refractivity contribution in [2.45, 2.75) is 83.6 Å². The maximum atomic E-state index is 4.83. The molecule has 31 heavy (non-hydrogen) atoms. The Morgan fingerprint density at radius 1 is 1.13 bits per heavy atom. The molecule has 0 spiro atoms. The van der Waals surface area contributed by atoms with Crippen LogP contribution in [0.25, 0.3) is 0 Å². The summed E-state index contributed by atoms with van der Waals surface area (Å²) in [6.45, 7) is 8.10. The molecule has 2 unspecified atom stereocenters. The fourth-order valence-corrected chi connectivity index (χ4v) is 4.91. The lowest BCUT2D eigenvalue weighted by molar-refractivity contribution is 0.134. The number of aliphatic imine (C=N–C) groups is 1. The molecule has 2 heterocycles. The minimum absolute atomic E-state index is 0.455. The third-order valence-electron chi connectivity index (χ3n) is 6.69. The number of nitrogens with zero attached hydrogens (tertiary/aromatic N) is 4. The van der Waals surface area contributed by atoms with Gasteiger partial charge in [0.1, 0.15) is 0 Å². The maximum absolute atomic E-state index is 4.83. The molecule has 2 aliphatic rings. The lowest BCUT2D eigenvalue weighted by Crippen LogP contribution is -2.51. The number of benzene rings is 1. The summed E-state index contributed by atoms with van der Waals surface area (Å²) in [4.78, 5) is 7.43. The minimum Gasteiger partial charge on any atom is -0.357 e. The molecule has 0 radical (unpaired) electrons. The predicted octanol–water partition coefficient (Wildman–Crippen LogP) is 4.11. The maximum Gasteiger partial charge on any atom is 0.191 e. The average Bonchev–Trinajstić information content (AvgIpc) is 3.47. The van der Waals surface area contributed by atoms with Crippen molar-refractivity contribution < 1.29 is 0 Å². The Labute approximate surface area is 187 Å². The van der Waals surface area contributed by atoms with Gasteiger partial charge in [-0.15, -0.1) is 0 Å². The summed E-state index contributed by atoms with van der Waals surface area (Å²) in [6, 6.07) is 14.5. The highest BCUT2D eigenvalue weighted by Crippen LogP contribution is 2.28. The summed E-state index contributed by atoms with van der Waals surface area (Å²) in [6.07, 6.45) is 9.58. The highest BCUT2D eigenvalue weighted by molar-refractivity contribution is 5.80. The summed E-state index contributed by atoms with van der Waals surface area (Å²) >= 11 is 0. The molecule has 2 atom stereocenters. The first kappa shape index (κ1) is 21.9. The van der Waals surface area contributed by atoms with Crippen LogP contribution in [0.2, 0.25) is 0 Å². The van der Waals surface area contributed by atoms with E-state index in [1.54, 1.807) is 0 Å². The molecular formula is C25H38N6. The number of likely N-dealkylation sites (tertiary alicyclic amines) is 1. The smallest absolute Gasteiger partial charge is 0.191 e. The molecule has 1 saturated heterocycles. The number of rotatable bonds is 7. The second kappa shape index (κ2) is 10.8. The standard InChI is InChI=1S/C25H38N6/c1-3-26-25(27-18-23-14-16-31(29-23)24-11-7-8-12-24)28-22-13-15-30(20(2)17-22)19-21-9-5-4-6-10-21/h4-6,9-10,14,16,20,22,24H,3,7-8,11-13,15,17-19H2,1-2H3,(H2,26,27,28). The third-order valence-corrected chi connectivity index (χ3v) is 6.69. The summed E-state index contributed by atoms with van der Waals surface area (Å²) in [5.41, 5.74) is 2.45. The number of piperidine rings is 1. The molecule has 1 aromatic carbocycles. The molecule has 0 amide bonds. The highest BCUT2D eigenvalue weighted by Gasteiger charge is 2.26. The Morgan fingerprint density at radius 2 is 1.94 bits per heavy atom. The van der Waals surface area contributed by atoms with E-state index in [4.69, 9.17) is 10.1 Å². The normalized spacial score (nSPS) is 23.2. The van der Waals surface area contributed by atoms with Crippen LogP contribution >= 0.6 is 0 Å². The first-order chi connectivity index (χ1) is 15.2. The summed E-state index contributed by atoms with van der Waals surface area (Å²) in [5, 5.41) is 11.9. The largest absolute Gasteiger partial charge is 0.357 e. The summed E-state index contributed by atoms with van der Waals surface area (Å²) in [7, 11) is 0. The van der Waals surface area contributed by atoms with Gasteiger partial charge in [0, 0.05) is 37.9 Å². The van der Waals surface area contributed by atoms with Gasteiger partial charge in [0.15, 0.2) is 5.96 Å². The number of nitrogens with one attached hydrogen (secondary N) is 2. The average molecular weight is 423 g/mol. The lowest BCUT2D eigenvalue weighted by atomic mass is 9.97. The van der Waals surface area contributed by atoms with Crippen molar-refractivity contribution in [3.8, 4) is 0 Å². The molecule has 2 N–H and O–H groups in total. The SMILES string of the molecule is CCNC(=NCc1ccn(C2CCCC2)n1)NC1CCN(Cc2ccccc2)C(C)C1. The van der Waals surface area contributed by atoms with Crippen LogP contribution in [0.15, 0.2) is 47.6 Å². The molecule has 1 aliphatic heterocycles. The summed E-state index contributed by atoms with van der Waals surface area (Å²) in [5.74, 6) is 0.909. The van der Waals surface area contributed by atoms with Gasteiger partial charge in [0.05, 0.1) is 18.3 Å². The third kappa shape index (κ3) is 6.10. The van der Waals surface area contributed by atoms with E-state index in [0.29, 0.717) is 24.7 Å². The van der Waals surface area contributed by atoms with Crippen molar-refractivity contribution in [1.82, 2.24) is 25.3 Å². The van der Waals surface area contributed by atoms with Gasteiger partial charge in [-0.25, -0.2) is 4.99 Å². The molecular weight excluding hydrogens is 384 g/mol. The first-order valence-corrected chi connectivity index (χ1v) is 12.1. The monoisotopic (exact) mass is 422 g/mol. The minimum atomic E-state index is 0.455. The van der Waals surface area contributed by atoms with Gasteiger partial charge in [-0.2, -0.15) is 5.10 Å². The van der Waals surface area contributed by atoms with E-state index in [1.807, 2.05) is 0 Å². The Kier molecular flexibility index (Phi) is 7.62. The molecule has 6 heteroatoms. The van der Waals surface area contributed by atoms with E-state index in [9.17, 15) is 0 Å². The van der Waals surface area contributed by atoms with Gasteiger partial charge in [0.2, 0.25) is 0 Å². The molecule has 1 aliphatic carbocycles.